The smallest absolute Gasteiger partial charge is 0.320 e. The van der Waals surface area contributed by atoms with Gasteiger partial charge in [0.2, 0.25) is 0 Å². The molecule has 0 saturated carbocycles. The lowest BCUT2D eigenvalue weighted by Gasteiger charge is -2.26. The first-order valence-electron chi connectivity index (χ1n) is 5.79. The minimum absolute atomic E-state index is 0.404. The molecule has 0 heterocycles. The van der Waals surface area contributed by atoms with Gasteiger partial charge in [0.15, 0.2) is 0 Å². The van der Waals surface area contributed by atoms with Gasteiger partial charge in [0.05, 0.1) is 0 Å². The third kappa shape index (κ3) is 4.13. The topological polar surface area (TPSA) is 40.5 Å². The fourth-order valence-corrected chi connectivity index (χ4v) is 2.35. The van der Waals surface area contributed by atoms with Crippen LogP contribution in [0.3, 0.4) is 0 Å². The maximum atomic E-state index is 11.1. The van der Waals surface area contributed by atoms with Crippen molar-refractivity contribution in [2.24, 2.45) is 0 Å². The lowest BCUT2D eigenvalue weighted by atomic mass is 10.1. The number of nitrogens with zero attached hydrogens (tertiary/aromatic N) is 1. The van der Waals surface area contributed by atoms with Crippen molar-refractivity contribution in [3.63, 3.8) is 0 Å². The van der Waals surface area contributed by atoms with Gasteiger partial charge in [-0.15, -0.1) is 0 Å². The van der Waals surface area contributed by atoms with E-state index in [4.69, 9.17) is 5.11 Å². The van der Waals surface area contributed by atoms with E-state index in [1.165, 1.54) is 0 Å². The normalized spacial score (nSPS) is 12.7. The van der Waals surface area contributed by atoms with Crippen molar-refractivity contribution in [3.8, 4) is 0 Å². The number of carboxylic acids is 1. The summed E-state index contributed by atoms with van der Waals surface area (Å²) >= 11 is 3.42. The zero-order valence-corrected chi connectivity index (χ0v) is 11.8. The van der Waals surface area contributed by atoms with Gasteiger partial charge >= 0.3 is 5.97 Å². The van der Waals surface area contributed by atoms with Gasteiger partial charge in [-0.1, -0.05) is 41.9 Å². The van der Waals surface area contributed by atoms with Crippen LogP contribution in [0, 0.1) is 0 Å². The maximum absolute atomic E-state index is 11.1. The first kappa shape index (κ1) is 14.2. The number of carbonyl (C=O) groups is 1. The molecule has 0 amide bonds. The Morgan fingerprint density at radius 1 is 1.47 bits per heavy atom. The Bertz CT molecular complexity index is 381. The van der Waals surface area contributed by atoms with Crippen LogP contribution in [0.1, 0.15) is 25.8 Å². The van der Waals surface area contributed by atoms with E-state index in [1.54, 1.807) is 0 Å². The third-order valence-electron chi connectivity index (χ3n) is 2.79. The molecule has 0 aliphatic heterocycles. The SMILES string of the molecule is CCC(C(=O)O)N(CC)Cc1cccc(Br)c1. The molecule has 0 fully saturated rings. The second kappa shape index (κ2) is 6.77. The second-order valence-corrected chi connectivity index (χ2v) is 4.87. The maximum Gasteiger partial charge on any atom is 0.320 e. The highest BCUT2D eigenvalue weighted by molar-refractivity contribution is 9.10. The molecule has 0 aromatic heterocycles. The number of benzene rings is 1. The van der Waals surface area contributed by atoms with E-state index >= 15 is 0 Å². The molecule has 1 unspecified atom stereocenters. The summed E-state index contributed by atoms with van der Waals surface area (Å²) in [6, 6.07) is 7.57. The molecule has 3 nitrogen and oxygen atoms in total. The lowest BCUT2D eigenvalue weighted by molar-refractivity contribution is -0.143. The minimum atomic E-state index is -0.746. The van der Waals surface area contributed by atoms with E-state index in [2.05, 4.69) is 15.9 Å². The van der Waals surface area contributed by atoms with Gasteiger partial charge in [0.25, 0.3) is 0 Å². The van der Waals surface area contributed by atoms with Crippen LogP contribution in [0.15, 0.2) is 28.7 Å². The van der Waals surface area contributed by atoms with Gasteiger partial charge in [0.1, 0.15) is 6.04 Å². The molecule has 94 valence electrons. The predicted molar refractivity (Wildman–Crippen MR) is 71.9 cm³/mol. The fraction of sp³-hybridized carbons (Fsp3) is 0.462. The van der Waals surface area contributed by atoms with Crippen molar-refractivity contribution >= 4 is 21.9 Å². The average molecular weight is 300 g/mol. The highest BCUT2D eigenvalue weighted by atomic mass is 79.9. The zero-order chi connectivity index (χ0) is 12.8. The van der Waals surface area contributed by atoms with Gasteiger partial charge in [-0.2, -0.15) is 0 Å². The molecular weight excluding hydrogens is 282 g/mol. The van der Waals surface area contributed by atoms with Crippen molar-refractivity contribution < 1.29 is 9.90 Å². The van der Waals surface area contributed by atoms with E-state index in [1.807, 2.05) is 43.0 Å². The molecule has 0 spiro atoms. The molecule has 1 N–H and O–H groups in total. The highest BCUT2D eigenvalue weighted by Gasteiger charge is 2.22. The summed E-state index contributed by atoms with van der Waals surface area (Å²) in [5, 5.41) is 9.16. The van der Waals surface area contributed by atoms with Gasteiger partial charge < -0.3 is 5.11 Å². The number of hydrogen-bond donors (Lipinski definition) is 1. The molecule has 1 aromatic carbocycles. The van der Waals surface area contributed by atoms with Crippen molar-refractivity contribution in [1.29, 1.82) is 0 Å². The number of hydrogen-bond acceptors (Lipinski definition) is 2. The van der Waals surface area contributed by atoms with Crippen LogP contribution in [-0.2, 0) is 11.3 Å². The molecule has 0 saturated heterocycles. The molecule has 0 aliphatic carbocycles. The Kier molecular flexibility index (Phi) is 5.65. The molecular formula is C13H18BrNO2. The van der Waals surface area contributed by atoms with E-state index in [-0.39, 0.29) is 0 Å². The summed E-state index contributed by atoms with van der Waals surface area (Å²) in [4.78, 5) is 13.1. The predicted octanol–water partition coefficient (Wildman–Crippen LogP) is 3.13. The van der Waals surface area contributed by atoms with Gasteiger partial charge in [-0.3, -0.25) is 9.69 Å². The molecule has 4 heteroatoms. The number of halogens is 1. The van der Waals surface area contributed by atoms with Gasteiger partial charge in [-0.25, -0.2) is 0 Å². The highest BCUT2D eigenvalue weighted by Crippen LogP contribution is 2.15. The molecule has 1 rings (SSSR count). The fourth-order valence-electron chi connectivity index (χ4n) is 1.90. The largest absolute Gasteiger partial charge is 0.480 e. The Balaban J connectivity index is 2.79. The molecule has 0 radical (unpaired) electrons. The Hall–Kier alpha value is -0.870. The average Bonchev–Trinajstić information content (AvgIpc) is 2.28. The van der Waals surface area contributed by atoms with E-state index in [0.29, 0.717) is 13.0 Å². The van der Waals surface area contributed by atoms with Crippen LogP contribution in [0.4, 0.5) is 0 Å². The van der Waals surface area contributed by atoms with E-state index in [0.717, 1.165) is 16.6 Å². The van der Waals surface area contributed by atoms with Crippen LogP contribution in [0.2, 0.25) is 0 Å². The minimum Gasteiger partial charge on any atom is -0.480 e. The van der Waals surface area contributed by atoms with Crippen molar-refractivity contribution in [2.75, 3.05) is 6.54 Å². The van der Waals surface area contributed by atoms with E-state index in [9.17, 15) is 4.79 Å². The first-order chi connectivity index (χ1) is 8.08. The third-order valence-corrected chi connectivity index (χ3v) is 3.29. The van der Waals surface area contributed by atoms with Crippen LogP contribution in [0.5, 0.6) is 0 Å². The quantitative estimate of drug-likeness (QED) is 0.877. The number of likely N-dealkylation sites (N-methyl/N-ethyl adjacent to an activating group) is 1. The van der Waals surface area contributed by atoms with Crippen molar-refractivity contribution in [1.82, 2.24) is 4.90 Å². The molecule has 0 aliphatic rings. The molecule has 1 atom stereocenters. The van der Waals surface area contributed by atoms with Gasteiger partial charge in [0, 0.05) is 11.0 Å². The van der Waals surface area contributed by atoms with Crippen molar-refractivity contribution in [3.05, 3.63) is 34.3 Å². The molecule has 17 heavy (non-hydrogen) atoms. The monoisotopic (exact) mass is 299 g/mol. The second-order valence-electron chi connectivity index (χ2n) is 3.96. The lowest BCUT2D eigenvalue weighted by Crippen LogP contribution is -2.40. The van der Waals surface area contributed by atoms with Crippen LogP contribution >= 0.6 is 15.9 Å². The number of aliphatic carboxylic acids is 1. The summed E-state index contributed by atoms with van der Waals surface area (Å²) in [7, 11) is 0. The summed E-state index contributed by atoms with van der Waals surface area (Å²) in [5.41, 5.74) is 1.13. The summed E-state index contributed by atoms with van der Waals surface area (Å²) in [6.07, 6.45) is 0.622. The van der Waals surface area contributed by atoms with Crippen LogP contribution in [-0.4, -0.2) is 28.6 Å². The van der Waals surface area contributed by atoms with Crippen molar-refractivity contribution in [2.45, 2.75) is 32.9 Å². The summed E-state index contributed by atoms with van der Waals surface area (Å²) < 4.78 is 1.02. The Morgan fingerprint density at radius 2 is 2.18 bits per heavy atom. The Labute approximate surface area is 111 Å². The molecule has 0 bridgehead atoms. The first-order valence-corrected chi connectivity index (χ1v) is 6.59. The summed E-state index contributed by atoms with van der Waals surface area (Å²) in [5.74, 6) is -0.746. The number of carboxylic acid groups (broad SMARTS) is 1. The standard InChI is InChI=1S/C13H18BrNO2/c1-3-12(13(16)17)15(4-2)9-10-6-5-7-11(14)8-10/h5-8,12H,3-4,9H2,1-2H3,(H,16,17). The van der Waals surface area contributed by atoms with Gasteiger partial charge in [-0.05, 0) is 30.7 Å². The van der Waals surface area contributed by atoms with Crippen LogP contribution in [0.25, 0.3) is 0 Å². The molecule has 1 aromatic rings. The Morgan fingerprint density at radius 3 is 2.65 bits per heavy atom. The number of rotatable bonds is 6. The summed E-state index contributed by atoms with van der Waals surface area (Å²) in [6.45, 7) is 5.30. The zero-order valence-electron chi connectivity index (χ0n) is 10.2. The van der Waals surface area contributed by atoms with Crippen LogP contribution < -0.4 is 0 Å². The van der Waals surface area contributed by atoms with E-state index < -0.39 is 12.0 Å².